The summed E-state index contributed by atoms with van der Waals surface area (Å²) in [7, 11) is 0. The Kier molecular flexibility index (Phi) is 3.86. The normalized spacial score (nSPS) is 10.8. The molecule has 2 aromatic rings. The first kappa shape index (κ1) is 13.8. The lowest BCUT2D eigenvalue weighted by Crippen LogP contribution is -2.56. The largest absolute Gasteiger partial charge is 0.306 e. The smallest absolute Gasteiger partial charge is 0.199 e. The molecule has 0 amide bonds. The van der Waals surface area contributed by atoms with Crippen LogP contribution >= 0.6 is 0 Å². The van der Waals surface area contributed by atoms with Crippen molar-refractivity contribution in [1.29, 1.82) is 0 Å². The third-order valence-corrected chi connectivity index (χ3v) is 3.01. The molecule has 0 bridgehead atoms. The highest BCUT2D eigenvalue weighted by atomic mass is 16.2. The zero-order chi connectivity index (χ0) is 14.6. The molecule has 0 unspecified atom stereocenters. The molecule has 0 aromatic heterocycles. The van der Waals surface area contributed by atoms with Gasteiger partial charge in [0.1, 0.15) is 0 Å². The maximum absolute atomic E-state index is 12.3. The van der Waals surface area contributed by atoms with Gasteiger partial charge in [0.25, 0.3) is 0 Å². The number of Topliss-reactive ketones (excluding diaryl/α,β-unsaturated/α-hetero) is 2. The van der Waals surface area contributed by atoms with Crippen molar-refractivity contribution >= 4 is 17.9 Å². The number of rotatable bonds is 5. The molecular formula is C16H13NO3. The Morgan fingerprint density at radius 1 is 0.800 bits per heavy atom. The molecule has 4 nitrogen and oxygen atoms in total. The number of hydrogen-bond acceptors (Lipinski definition) is 4. The number of aldehydes is 1. The van der Waals surface area contributed by atoms with Crippen LogP contribution in [0.2, 0.25) is 0 Å². The van der Waals surface area contributed by atoms with Crippen molar-refractivity contribution in [3.05, 3.63) is 71.8 Å². The summed E-state index contributed by atoms with van der Waals surface area (Å²) in [6.45, 7) is 0. The number of hydrogen-bond donors (Lipinski definition) is 1. The molecule has 0 heterocycles. The van der Waals surface area contributed by atoms with Crippen LogP contribution in [0.3, 0.4) is 0 Å². The van der Waals surface area contributed by atoms with Crippen LogP contribution in [0.5, 0.6) is 0 Å². The van der Waals surface area contributed by atoms with Crippen molar-refractivity contribution in [2.45, 2.75) is 5.54 Å². The van der Waals surface area contributed by atoms with Crippen LogP contribution in [-0.2, 0) is 4.79 Å². The second-order valence-electron chi connectivity index (χ2n) is 4.38. The van der Waals surface area contributed by atoms with E-state index in [2.05, 4.69) is 0 Å². The molecule has 0 spiro atoms. The Morgan fingerprint density at radius 3 is 1.45 bits per heavy atom. The maximum atomic E-state index is 12.3. The predicted octanol–water partition coefficient (Wildman–Crippen LogP) is 1.65. The van der Waals surface area contributed by atoms with Gasteiger partial charge in [0, 0.05) is 11.1 Å². The summed E-state index contributed by atoms with van der Waals surface area (Å²) >= 11 is 0. The highest BCUT2D eigenvalue weighted by Gasteiger charge is 2.42. The fourth-order valence-electron chi connectivity index (χ4n) is 1.87. The van der Waals surface area contributed by atoms with Crippen LogP contribution in [-0.4, -0.2) is 23.4 Å². The van der Waals surface area contributed by atoms with Crippen molar-refractivity contribution in [3.63, 3.8) is 0 Å². The van der Waals surface area contributed by atoms with E-state index in [0.717, 1.165) is 0 Å². The number of nitrogens with two attached hydrogens (primary N) is 1. The van der Waals surface area contributed by atoms with Gasteiger partial charge in [-0.1, -0.05) is 60.7 Å². The quantitative estimate of drug-likeness (QED) is 0.507. The van der Waals surface area contributed by atoms with Gasteiger partial charge < -0.3 is 10.5 Å². The topological polar surface area (TPSA) is 77.2 Å². The van der Waals surface area contributed by atoms with E-state index >= 15 is 0 Å². The van der Waals surface area contributed by atoms with Crippen LogP contribution in [0.4, 0.5) is 0 Å². The Hall–Kier alpha value is -2.59. The Bertz CT molecular complexity index is 584. The highest BCUT2D eigenvalue weighted by Crippen LogP contribution is 2.15. The average Bonchev–Trinajstić information content (AvgIpc) is 2.54. The van der Waals surface area contributed by atoms with Crippen molar-refractivity contribution in [3.8, 4) is 0 Å². The summed E-state index contributed by atoms with van der Waals surface area (Å²) in [5.74, 6) is -1.41. The Labute approximate surface area is 116 Å². The minimum Gasteiger partial charge on any atom is -0.306 e. The SMILES string of the molecule is NC(C=O)(C(=O)c1ccccc1)C(=O)c1ccccc1. The standard InChI is InChI=1S/C16H13NO3/c17-16(11-18,14(19)12-7-3-1-4-8-12)15(20)13-9-5-2-6-10-13/h1-11H,17H2. The lowest BCUT2D eigenvalue weighted by atomic mass is 9.84. The lowest BCUT2D eigenvalue weighted by Gasteiger charge is -2.20. The summed E-state index contributed by atoms with van der Waals surface area (Å²) < 4.78 is 0. The molecule has 2 aromatic carbocycles. The van der Waals surface area contributed by atoms with Gasteiger partial charge in [-0.05, 0) is 0 Å². The molecule has 20 heavy (non-hydrogen) atoms. The van der Waals surface area contributed by atoms with E-state index in [1.165, 1.54) is 24.3 Å². The number of benzene rings is 2. The van der Waals surface area contributed by atoms with Gasteiger partial charge in [-0.2, -0.15) is 0 Å². The molecule has 2 rings (SSSR count). The second kappa shape index (κ2) is 5.59. The average molecular weight is 267 g/mol. The number of carbonyl (C=O) groups excluding carboxylic acids is 3. The van der Waals surface area contributed by atoms with E-state index in [4.69, 9.17) is 5.73 Å². The monoisotopic (exact) mass is 267 g/mol. The second-order valence-corrected chi connectivity index (χ2v) is 4.38. The van der Waals surface area contributed by atoms with Gasteiger partial charge in [0.2, 0.25) is 0 Å². The van der Waals surface area contributed by atoms with E-state index in [1.54, 1.807) is 36.4 Å². The van der Waals surface area contributed by atoms with Crippen molar-refractivity contribution in [2.24, 2.45) is 5.73 Å². The zero-order valence-corrected chi connectivity index (χ0v) is 10.7. The predicted molar refractivity (Wildman–Crippen MR) is 74.5 cm³/mol. The molecule has 0 aliphatic rings. The third kappa shape index (κ3) is 2.41. The molecule has 0 fully saturated rings. The summed E-state index contributed by atoms with van der Waals surface area (Å²) in [6.07, 6.45) is 0.206. The summed E-state index contributed by atoms with van der Waals surface area (Å²) in [5, 5.41) is 0. The first-order valence-electron chi connectivity index (χ1n) is 6.04. The van der Waals surface area contributed by atoms with Crippen LogP contribution in [0.1, 0.15) is 20.7 Å². The van der Waals surface area contributed by atoms with Gasteiger partial charge >= 0.3 is 0 Å². The minimum absolute atomic E-state index is 0.206. The third-order valence-electron chi connectivity index (χ3n) is 3.01. The van der Waals surface area contributed by atoms with E-state index < -0.39 is 17.1 Å². The van der Waals surface area contributed by atoms with Crippen LogP contribution < -0.4 is 5.73 Å². The minimum atomic E-state index is -2.19. The van der Waals surface area contributed by atoms with Gasteiger partial charge in [-0.3, -0.25) is 9.59 Å². The van der Waals surface area contributed by atoms with E-state index in [-0.39, 0.29) is 17.4 Å². The molecule has 4 heteroatoms. The van der Waals surface area contributed by atoms with Crippen LogP contribution in [0.15, 0.2) is 60.7 Å². The molecular weight excluding hydrogens is 254 g/mol. The molecule has 0 saturated carbocycles. The molecule has 0 atom stereocenters. The molecule has 2 N–H and O–H groups in total. The molecule has 0 saturated heterocycles. The summed E-state index contributed by atoms with van der Waals surface area (Å²) in [4.78, 5) is 36.0. The van der Waals surface area contributed by atoms with Gasteiger partial charge in [-0.25, -0.2) is 0 Å². The van der Waals surface area contributed by atoms with Crippen LogP contribution in [0, 0.1) is 0 Å². The fraction of sp³-hybridized carbons (Fsp3) is 0.0625. The summed E-state index contributed by atoms with van der Waals surface area (Å²) in [5.41, 5.74) is 4.05. The van der Waals surface area contributed by atoms with E-state index in [9.17, 15) is 14.4 Å². The van der Waals surface area contributed by atoms with Gasteiger partial charge in [0.05, 0.1) is 0 Å². The molecule has 0 aliphatic carbocycles. The molecule has 0 aliphatic heterocycles. The molecule has 0 radical (unpaired) electrons. The lowest BCUT2D eigenvalue weighted by molar-refractivity contribution is -0.109. The number of carbonyl (C=O) groups is 3. The Balaban J connectivity index is 2.42. The number of ketones is 2. The fourth-order valence-corrected chi connectivity index (χ4v) is 1.87. The molecule has 100 valence electrons. The van der Waals surface area contributed by atoms with Gasteiger partial charge in [-0.15, -0.1) is 0 Å². The van der Waals surface area contributed by atoms with E-state index in [1.807, 2.05) is 0 Å². The summed E-state index contributed by atoms with van der Waals surface area (Å²) in [6, 6.07) is 16.1. The first-order chi connectivity index (χ1) is 9.59. The maximum Gasteiger partial charge on any atom is 0.199 e. The van der Waals surface area contributed by atoms with Crippen molar-refractivity contribution < 1.29 is 14.4 Å². The first-order valence-corrected chi connectivity index (χ1v) is 6.04. The van der Waals surface area contributed by atoms with Gasteiger partial charge in [0.15, 0.2) is 23.4 Å². The highest BCUT2D eigenvalue weighted by molar-refractivity contribution is 6.32. The van der Waals surface area contributed by atoms with Crippen molar-refractivity contribution in [1.82, 2.24) is 0 Å². The van der Waals surface area contributed by atoms with Crippen LogP contribution in [0.25, 0.3) is 0 Å². The Morgan fingerprint density at radius 2 is 1.15 bits per heavy atom. The van der Waals surface area contributed by atoms with E-state index in [0.29, 0.717) is 0 Å². The van der Waals surface area contributed by atoms with Crippen molar-refractivity contribution in [2.75, 3.05) is 0 Å². The zero-order valence-electron chi connectivity index (χ0n) is 10.7.